The van der Waals surface area contributed by atoms with Crippen molar-refractivity contribution in [3.63, 3.8) is 0 Å². The summed E-state index contributed by atoms with van der Waals surface area (Å²) in [6.07, 6.45) is 0. The summed E-state index contributed by atoms with van der Waals surface area (Å²) in [5.41, 5.74) is 1.12. The van der Waals surface area contributed by atoms with Crippen LogP contribution in [0, 0.1) is 11.8 Å². The fourth-order valence-electron chi connectivity index (χ4n) is 2.08. The first-order chi connectivity index (χ1) is 10.0. The quantitative estimate of drug-likeness (QED) is 0.796. The normalized spacial score (nSPS) is 16.0. The Morgan fingerprint density at radius 1 is 1.48 bits per heavy atom. The SMILES string of the molecule is CCOC(=O)c1ccc(NC(=O)C(C)C2CNC2)c(Br)c1. The van der Waals surface area contributed by atoms with Crippen molar-refractivity contribution in [3.05, 3.63) is 28.2 Å². The van der Waals surface area contributed by atoms with Crippen molar-refractivity contribution in [1.82, 2.24) is 5.32 Å². The van der Waals surface area contributed by atoms with Gasteiger partial charge in [-0.1, -0.05) is 6.92 Å². The van der Waals surface area contributed by atoms with E-state index in [1.165, 1.54) is 0 Å². The lowest BCUT2D eigenvalue weighted by Crippen LogP contribution is -2.48. The van der Waals surface area contributed by atoms with Crippen LogP contribution in [0.5, 0.6) is 0 Å². The number of carbonyl (C=O) groups is 2. The molecule has 2 N–H and O–H groups in total. The van der Waals surface area contributed by atoms with E-state index in [2.05, 4.69) is 26.6 Å². The fraction of sp³-hybridized carbons (Fsp3) is 0.467. The molecule has 1 atom stereocenters. The number of hydrogen-bond acceptors (Lipinski definition) is 4. The lowest BCUT2D eigenvalue weighted by Gasteiger charge is -2.31. The van der Waals surface area contributed by atoms with E-state index in [1.807, 2.05) is 6.92 Å². The van der Waals surface area contributed by atoms with Crippen molar-refractivity contribution < 1.29 is 14.3 Å². The molecule has 1 aromatic rings. The Labute approximate surface area is 132 Å². The maximum absolute atomic E-state index is 12.2. The molecule has 6 heteroatoms. The van der Waals surface area contributed by atoms with Gasteiger partial charge in [0.2, 0.25) is 5.91 Å². The Kier molecular flexibility index (Phi) is 5.36. The number of ether oxygens (including phenoxy) is 1. The minimum atomic E-state index is -0.370. The van der Waals surface area contributed by atoms with E-state index < -0.39 is 0 Å². The van der Waals surface area contributed by atoms with E-state index in [0.29, 0.717) is 28.2 Å². The average molecular weight is 355 g/mol. The molecule has 1 aliphatic rings. The minimum absolute atomic E-state index is 0.00825. The lowest BCUT2D eigenvalue weighted by atomic mass is 9.88. The van der Waals surface area contributed by atoms with Crippen molar-refractivity contribution in [2.24, 2.45) is 11.8 Å². The van der Waals surface area contributed by atoms with Crippen LogP contribution in [-0.4, -0.2) is 31.6 Å². The van der Waals surface area contributed by atoms with E-state index in [0.717, 1.165) is 13.1 Å². The standard InChI is InChI=1S/C15H19BrN2O3/c1-3-21-15(20)10-4-5-13(12(16)6-10)18-14(19)9(2)11-7-17-8-11/h4-6,9,11,17H,3,7-8H2,1-2H3,(H,18,19). The van der Waals surface area contributed by atoms with E-state index in [4.69, 9.17) is 4.74 Å². The molecule has 1 aliphatic heterocycles. The zero-order chi connectivity index (χ0) is 15.4. The van der Waals surface area contributed by atoms with Gasteiger partial charge in [0.05, 0.1) is 17.9 Å². The van der Waals surface area contributed by atoms with Gasteiger partial charge in [-0.25, -0.2) is 4.79 Å². The highest BCUT2D eigenvalue weighted by molar-refractivity contribution is 9.10. The van der Waals surface area contributed by atoms with Crippen LogP contribution < -0.4 is 10.6 Å². The predicted molar refractivity (Wildman–Crippen MR) is 84.3 cm³/mol. The first-order valence-electron chi connectivity index (χ1n) is 7.01. The average Bonchev–Trinajstić information content (AvgIpc) is 2.39. The predicted octanol–water partition coefficient (Wildman–Crippen LogP) is 2.42. The number of rotatable bonds is 5. The number of benzene rings is 1. The molecule has 0 spiro atoms. The van der Waals surface area contributed by atoms with Crippen molar-refractivity contribution in [3.8, 4) is 0 Å². The molecular weight excluding hydrogens is 336 g/mol. The number of halogens is 1. The zero-order valence-electron chi connectivity index (χ0n) is 12.1. The van der Waals surface area contributed by atoms with Crippen LogP contribution >= 0.6 is 15.9 Å². The largest absolute Gasteiger partial charge is 0.462 e. The second kappa shape index (κ2) is 7.04. The molecule has 21 heavy (non-hydrogen) atoms. The van der Waals surface area contributed by atoms with Crippen molar-refractivity contribution >= 4 is 33.5 Å². The van der Waals surface area contributed by atoms with E-state index >= 15 is 0 Å². The summed E-state index contributed by atoms with van der Waals surface area (Å²) in [5, 5.41) is 6.05. The first-order valence-corrected chi connectivity index (χ1v) is 7.80. The molecule has 0 aromatic heterocycles. The number of amides is 1. The third-order valence-electron chi connectivity index (χ3n) is 3.67. The maximum Gasteiger partial charge on any atom is 0.338 e. The Bertz CT molecular complexity index is 544. The van der Waals surface area contributed by atoms with Crippen LogP contribution in [0.3, 0.4) is 0 Å². The molecule has 2 rings (SSSR count). The topological polar surface area (TPSA) is 67.4 Å². The molecule has 0 aliphatic carbocycles. The van der Waals surface area contributed by atoms with E-state index in [9.17, 15) is 9.59 Å². The summed E-state index contributed by atoms with van der Waals surface area (Å²) in [6.45, 7) is 5.80. The zero-order valence-corrected chi connectivity index (χ0v) is 13.7. The molecule has 1 aromatic carbocycles. The fourth-order valence-corrected chi connectivity index (χ4v) is 2.56. The van der Waals surface area contributed by atoms with Crippen LogP contribution in [0.25, 0.3) is 0 Å². The molecule has 5 nitrogen and oxygen atoms in total. The van der Waals surface area contributed by atoms with Gasteiger partial charge in [0.1, 0.15) is 0 Å². The Balaban J connectivity index is 2.03. The monoisotopic (exact) mass is 354 g/mol. The Morgan fingerprint density at radius 3 is 2.71 bits per heavy atom. The molecule has 0 bridgehead atoms. The smallest absolute Gasteiger partial charge is 0.338 e. The Hall–Kier alpha value is -1.40. The third-order valence-corrected chi connectivity index (χ3v) is 4.33. The molecule has 1 unspecified atom stereocenters. The van der Waals surface area contributed by atoms with Gasteiger partial charge in [0.15, 0.2) is 0 Å². The van der Waals surface area contributed by atoms with Crippen LogP contribution in [-0.2, 0) is 9.53 Å². The van der Waals surface area contributed by atoms with Gasteiger partial charge in [-0.2, -0.15) is 0 Å². The van der Waals surface area contributed by atoms with Gasteiger partial charge in [-0.15, -0.1) is 0 Å². The van der Waals surface area contributed by atoms with Gasteiger partial charge < -0.3 is 15.4 Å². The number of esters is 1. The van der Waals surface area contributed by atoms with Gasteiger partial charge in [-0.3, -0.25) is 4.79 Å². The highest BCUT2D eigenvalue weighted by atomic mass is 79.9. The number of nitrogens with one attached hydrogen (secondary N) is 2. The number of hydrogen-bond donors (Lipinski definition) is 2. The summed E-state index contributed by atoms with van der Waals surface area (Å²) < 4.78 is 5.61. The van der Waals surface area contributed by atoms with Gasteiger partial charge in [0, 0.05) is 10.4 Å². The van der Waals surface area contributed by atoms with Crippen molar-refractivity contribution in [2.45, 2.75) is 13.8 Å². The molecule has 1 fully saturated rings. The van der Waals surface area contributed by atoms with Crippen LogP contribution in [0.15, 0.2) is 22.7 Å². The van der Waals surface area contributed by atoms with Crippen molar-refractivity contribution in [2.75, 3.05) is 25.0 Å². The van der Waals surface area contributed by atoms with Gasteiger partial charge in [-0.05, 0) is 60.1 Å². The minimum Gasteiger partial charge on any atom is -0.462 e. The van der Waals surface area contributed by atoms with Gasteiger partial charge >= 0.3 is 5.97 Å². The lowest BCUT2D eigenvalue weighted by molar-refractivity contribution is -0.121. The van der Waals surface area contributed by atoms with Gasteiger partial charge in [0.25, 0.3) is 0 Å². The molecule has 0 saturated carbocycles. The molecule has 1 heterocycles. The summed E-state index contributed by atoms with van der Waals surface area (Å²) in [5.74, 6) is -0.0264. The first kappa shape index (κ1) is 16.0. The maximum atomic E-state index is 12.2. The number of carbonyl (C=O) groups excluding carboxylic acids is 2. The van der Waals surface area contributed by atoms with Crippen LogP contribution in [0.1, 0.15) is 24.2 Å². The van der Waals surface area contributed by atoms with E-state index in [1.54, 1.807) is 25.1 Å². The summed E-state index contributed by atoms with van der Waals surface area (Å²) in [6, 6.07) is 5.01. The molecular formula is C15H19BrN2O3. The van der Waals surface area contributed by atoms with E-state index in [-0.39, 0.29) is 17.8 Å². The van der Waals surface area contributed by atoms with Crippen LogP contribution in [0.2, 0.25) is 0 Å². The Morgan fingerprint density at radius 2 is 2.19 bits per heavy atom. The molecule has 114 valence electrons. The second-order valence-corrected chi connectivity index (χ2v) is 5.97. The second-order valence-electron chi connectivity index (χ2n) is 5.11. The van der Waals surface area contributed by atoms with Crippen LogP contribution in [0.4, 0.5) is 5.69 Å². The molecule has 0 radical (unpaired) electrons. The summed E-state index contributed by atoms with van der Waals surface area (Å²) >= 11 is 3.38. The highest BCUT2D eigenvalue weighted by Gasteiger charge is 2.28. The summed E-state index contributed by atoms with van der Waals surface area (Å²) in [4.78, 5) is 23.8. The molecule has 1 amide bonds. The van der Waals surface area contributed by atoms with Crippen molar-refractivity contribution in [1.29, 1.82) is 0 Å². The highest BCUT2D eigenvalue weighted by Crippen LogP contribution is 2.26. The third kappa shape index (κ3) is 3.83. The summed E-state index contributed by atoms with van der Waals surface area (Å²) in [7, 11) is 0. The number of anilines is 1. The molecule has 1 saturated heterocycles.